The Hall–Kier alpha value is -2.09. The van der Waals surface area contributed by atoms with Crippen molar-refractivity contribution in [1.29, 1.82) is 0 Å². The van der Waals surface area contributed by atoms with Gasteiger partial charge in [0.15, 0.2) is 0 Å². The van der Waals surface area contributed by atoms with Gasteiger partial charge in [0.05, 0.1) is 22.7 Å². The number of alkyl halides is 2. The number of imidazole rings is 1. The van der Waals surface area contributed by atoms with Crippen molar-refractivity contribution in [2.45, 2.75) is 64.2 Å². The number of benzene rings is 1. The average molecular weight is 398 g/mol. The van der Waals surface area contributed by atoms with Crippen LogP contribution in [0.2, 0.25) is 0 Å². The van der Waals surface area contributed by atoms with E-state index in [-0.39, 0.29) is 28.2 Å². The number of nitrogens with zero attached hydrogens (tertiary/aromatic N) is 2. The highest BCUT2D eigenvalue weighted by Crippen LogP contribution is 2.30. The summed E-state index contributed by atoms with van der Waals surface area (Å²) in [6, 6.07) is 6.24. The molecular weight excluding hydrogens is 374 g/mol. The molecule has 0 spiro atoms. The number of rotatable bonds is 7. The maximum Gasteiger partial charge on any atom is 0.296 e. The molecule has 0 aliphatic rings. The number of carbonyl (C=O) groups excluding carboxylic acids is 1. The van der Waals surface area contributed by atoms with Crippen molar-refractivity contribution in [3.05, 3.63) is 47.0 Å². The molecule has 0 fully saturated rings. The third-order valence-corrected chi connectivity index (χ3v) is 5.95. The van der Waals surface area contributed by atoms with Gasteiger partial charge in [0, 0.05) is 5.92 Å². The third-order valence-electron chi connectivity index (χ3n) is 4.19. The Balaban J connectivity index is 2.78. The third kappa shape index (κ3) is 4.26. The molecule has 5 nitrogen and oxygen atoms in total. The van der Waals surface area contributed by atoms with Gasteiger partial charge in [0.2, 0.25) is 5.78 Å². The SMILES string of the molecule is Cc1ccc(S(=O)(=O)n2c(C(C)C)nc(C(C)C)c2CC(=O)C(F)F)cc1. The van der Waals surface area contributed by atoms with Crippen LogP contribution in [0, 0.1) is 6.92 Å². The van der Waals surface area contributed by atoms with Crippen molar-refractivity contribution in [2.24, 2.45) is 0 Å². The van der Waals surface area contributed by atoms with Gasteiger partial charge in [-0.3, -0.25) is 4.79 Å². The standard InChI is InChI=1S/C19H24F2N2O3S/c1-11(2)17-15(10-16(24)18(20)21)23(19(22-17)12(3)4)27(25,26)14-8-6-13(5)7-9-14/h6-9,11-12,18H,10H2,1-5H3. The molecule has 0 aliphatic carbocycles. The number of halogens is 2. The van der Waals surface area contributed by atoms with E-state index < -0.39 is 28.7 Å². The maximum atomic E-state index is 13.3. The van der Waals surface area contributed by atoms with E-state index in [2.05, 4.69) is 4.98 Å². The first-order chi connectivity index (χ1) is 12.5. The molecule has 0 N–H and O–H groups in total. The smallest absolute Gasteiger partial charge is 0.293 e. The number of aromatic nitrogens is 2. The zero-order chi connectivity index (χ0) is 20.5. The fourth-order valence-electron chi connectivity index (χ4n) is 2.79. The highest BCUT2D eigenvalue weighted by atomic mass is 32.2. The summed E-state index contributed by atoms with van der Waals surface area (Å²) in [6.07, 6.45) is -3.85. The molecule has 0 saturated heterocycles. The number of ketones is 1. The molecule has 0 radical (unpaired) electrons. The van der Waals surface area contributed by atoms with E-state index in [9.17, 15) is 22.0 Å². The Morgan fingerprint density at radius 2 is 1.63 bits per heavy atom. The maximum absolute atomic E-state index is 13.3. The van der Waals surface area contributed by atoms with Crippen LogP contribution >= 0.6 is 0 Å². The predicted molar refractivity (Wildman–Crippen MR) is 98.9 cm³/mol. The summed E-state index contributed by atoms with van der Waals surface area (Å²) in [4.78, 5) is 16.2. The van der Waals surface area contributed by atoms with E-state index in [0.29, 0.717) is 5.69 Å². The van der Waals surface area contributed by atoms with Crippen molar-refractivity contribution in [3.8, 4) is 0 Å². The number of Topliss-reactive ketones (excluding diaryl/α,β-unsaturated/α-hetero) is 1. The van der Waals surface area contributed by atoms with Crippen LogP contribution in [0.15, 0.2) is 29.2 Å². The Kier molecular flexibility index (Phi) is 6.19. The Bertz CT molecular complexity index is 931. The molecule has 27 heavy (non-hydrogen) atoms. The van der Waals surface area contributed by atoms with Crippen LogP contribution in [0.25, 0.3) is 0 Å². The highest BCUT2D eigenvalue weighted by molar-refractivity contribution is 7.90. The van der Waals surface area contributed by atoms with Gasteiger partial charge >= 0.3 is 0 Å². The predicted octanol–water partition coefficient (Wildman–Crippen LogP) is 4.05. The average Bonchev–Trinajstić information content (AvgIpc) is 2.95. The van der Waals surface area contributed by atoms with Gasteiger partial charge < -0.3 is 0 Å². The second kappa shape index (κ2) is 7.88. The Morgan fingerprint density at radius 1 is 1.07 bits per heavy atom. The Labute approximate surface area is 158 Å². The van der Waals surface area contributed by atoms with Crippen molar-refractivity contribution in [3.63, 3.8) is 0 Å². The minimum absolute atomic E-state index is 0.0135. The molecule has 0 bridgehead atoms. The first-order valence-electron chi connectivity index (χ1n) is 8.71. The van der Waals surface area contributed by atoms with Crippen LogP contribution in [0.1, 0.15) is 62.3 Å². The summed E-state index contributed by atoms with van der Waals surface area (Å²) in [5, 5.41) is 0. The molecule has 0 saturated carbocycles. The highest BCUT2D eigenvalue weighted by Gasteiger charge is 2.32. The van der Waals surface area contributed by atoms with Gasteiger partial charge in [-0.05, 0) is 25.0 Å². The molecular formula is C19H24F2N2O3S. The fourth-order valence-corrected chi connectivity index (χ4v) is 4.43. The lowest BCUT2D eigenvalue weighted by atomic mass is 10.1. The normalized spacial score (nSPS) is 12.4. The molecule has 2 rings (SSSR count). The van der Waals surface area contributed by atoms with Gasteiger partial charge in [0.1, 0.15) is 5.82 Å². The van der Waals surface area contributed by atoms with Crippen molar-refractivity contribution in [1.82, 2.24) is 8.96 Å². The summed E-state index contributed by atoms with van der Waals surface area (Å²) in [5.41, 5.74) is 1.25. The van der Waals surface area contributed by atoms with E-state index in [1.165, 1.54) is 12.1 Å². The lowest BCUT2D eigenvalue weighted by Gasteiger charge is -2.15. The summed E-state index contributed by atoms with van der Waals surface area (Å²) in [6.45, 7) is 8.94. The molecule has 1 heterocycles. The molecule has 8 heteroatoms. The molecule has 2 aromatic rings. The van der Waals surface area contributed by atoms with Crippen molar-refractivity contribution in [2.75, 3.05) is 0 Å². The van der Waals surface area contributed by atoms with E-state index in [1.54, 1.807) is 39.8 Å². The van der Waals surface area contributed by atoms with E-state index in [4.69, 9.17) is 0 Å². The van der Waals surface area contributed by atoms with Crippen molar-refractivity contribution < 1.29 is 22.0 Å². The lowest BCUT2D eigenvalue weighted by Crippen LogP contribution is -2.23. The zero-order valence-electron chi connectivity index (χ0n) is 16.0. The molecule has 1 aromatic heterocycles. The van der Waals surface area contributed by atoms with Gasteiger partial charge in [0.25, 0.3) is 16.4 Å². The molecule has 148 valence electrons. The van der Waals surface area contributed by atoms with E-state index in [0.717, 1.165) is 9.54 Å². The molecule has 0 amide bonds. The summed E-state index contributed by atoms with van der Waals surface area (Å²) >= 11 is 0. The largest absolute Gasteiger partial charge is 0.296 e. The summed E-state index contributed by atoms with van der Waals surface area (Å²) < 4.78 is 53.3. The number of hydrogen-bond acceptors (Lipinski definition) is 4. The molecule has 0 aliphatic heterocycles. The number of aryl methyl sites for hydroxylation is 1. The molecule has 0 atom stereocenters. The van der Waals surface area contributed by atoms with E-state index >= 15 is 0 Å². The fraction of sp³-hybridized carbons (Fsp3) is 0.474. The topological polar surface area (TPSA) is 69.0 Å². The minimum atomic E-state index is -4.09. The Morgan fingerprint density at radius 3 is 2.07 bits per heavy atom. The number of hydrogen-bond donors (Lipinski definition) is 0. The van der Waals surface area contributed by atoms with Crippen LogP contribution < -0.4 is 0 Å². The number of carbonyl (C=O) groups is 1. The zero-order valence-corrected chi connectivity index (χ0v) is 16.8. The van der Waals surface area contributed by atoms with Crippen LogP contribution in [-0.2, 0) is 21.2 Å². The van der Waals surface area contributed by atoms with Crippen LogP contribution in [0.3, 0.4) is 0 Å². The van der Waals surface area contributed by atoms with Gasteiger partial charge in [-0.1, -0.05) is 45.4 Å². The van der Waals surface area contributed by atoms with Gasteiger partial charge in [-0.2, -0.15) is 0 Å². The van der Waals surface area contributed by atoms with Crippen LogP contribution in [0.5, 0.6) is 0 Å². The van der Waals surface area contributed by atoms with Crippen molar-refractivity contribution >= 4 is 15.8 Å². The quantitative estimate of drug-likeness (QED) is 0.706. The van der Waals surface area contributed by atoms with Gasteiger partial charge in [-0.15, -0.1) is 0 Å². The first-order valence-corrected chi connectivity index (χ1v) is 10.1. The lowest BCUT2D eigenvalue weighted by molar-refractivity contribution is -0.128. The van der Waals surface area contributed by atoms with Gasteiger partial charge in [-0.25, -0.2) is 26.2 Å². The minimum Gasteiger partial charge on any atom is -0.293 e. The van der Waals surface area contributed by atoms with Crippen LogP contribution in [0.4, 0.5) is 8.78 Å². The first kappa shape index (κ1) is 21.2. The molecule has 0 unspecified atom stereocenters. The second-order valence-electron chi connectivity index (χ2n) is 7.14. The van der Waals surface area contributed by atoms with Crippen LogP contribution in [-0.4, -0.2) is 29.6 Å². The summed E-state index contributed by atoms with van der Waals surface area (Å²) in [7, 11) is -4.09. The second-order valence-corrected chi connectivity index (χ2v) is 8.92. The van der Waals surface area contributed by atoms with E-state index in [1.807, 2.05) is 6.92 Å². The monoisotopic (exact) mass is 398 g/mol. The molecule has 1 aromatic carbocycles. The summed E-state index contributed by atoms with van der Waals surface area (Å²) in [5.74, 6) is -1.60.